The molecule has 3 rings (SSSR count). The lowest BCUT2D eigenvalue weighted by atomic mass is 9.77. The van der Waals surface area contributed by atoms with Crippen LogP contribution in [-0.4, -0.2) is 41.9 Å². The summed E-state index contributed by atoms with van der Waals surface area (Å²) in [5.74, 6) is 0.633. The Labute approximate surface area is 153 Å². The highest BCUT2D eigenvalue weighted by Crippen LogP contribution is 2.36. The van der Waals surface area contributed by atoms with Crippen molar-refractivity contribution in [3.05, 3.63) is 29.8 Å². The Kier molecular flexibility index (Phi) is 5.15. The van der Waals surface area contributed by atoms with Crippen LogP contribution in [-0.2, 0) is 16.1 Å². The van der Waals surface area contributed by atoms with Crippen LogP contribution in [0.5, 0.6) is 5.75 Å². The quantitative estimate of drug-likeness (QED) is 0.785. The summed E-state index contributed by atoms with van der Waals surface area (Å²) in [5, 5.41) is 5.57. The molecule has 1 spiro atoms. The number of benzene rings is 1. The van der Waals surface area contributed by atoms with Crippen molar-refractivity contribution in [1.82, 2.24) is 15.5 Å². The van der Waals surface area contributed by atoms with Gasteiger partial charge in [0.25, 0.3) is 5.91 Å². The monoisotopic (exact) mass is 359 g/mol. The SMILES string of the molecule is COc1cccc(CNC(=O)CN2C(=O)NC3(CCC(C)CC3)C2=O)c1. The van der Waals surface area contributed by atoms with E-state index in [0.29, 0.717) is 31.1 Å². The molecule has 1 aromatic rings. The predicted molar refractivity (Wildman–Crippen MR) is 95.4 cm³/mol. The van der Waals surface area contributed by atoms with Gasteiger partial charge < -0.3 is 15.4 Å². The second-order valence-corrected chi connectivity index (χ2v) is 7.21. The Hall–Kier alpha value is -2.57. The molecule has 1 aromatic carbocycles. The van der Waals surface area contributed by atoms with E-state index in [9.17, 15) is 14.4 Å². The third-order valence-corrected chi connectivity index (χ3v) is 5.30. The molecule has 0 bridgehead atoms. The van der Waals surface area contributed by atoms with Gasteiger partial charge in [0.2, 0.25) is 5.91 Å². The van der Waals surface area contributed by atoms with Crippen LogP contribution in [0.15, 0.2) is 24.3 Å². The van der Waals surface area contributed by atoms with Gasteiger partial charge in [-0.1, -0.05) is 19.1 Å². The predicted octanol–water partition coefficient (Wildman–Crippen LogP) is 1.81. The van der Waals surface area contributed by atoms with Crippen molar-refractivity contribution in [3.8, 4) is 5.75 Å². The fourth-order valence-corrected chi connectivity index (χ4v) is 3.60. The molecular weight excluding hydrogens is 334 g/mol. The molecule has 0 atom stereocenters. The molecule has 1 aliphatic carbocycles. The van der Waals surface area contributed by atoms with Gasteiger partial charge in [0.1, 0.15) is 17.8 Å². The van der Waals surface area contributed by atoms with Gasteiger partial charge in [-0.2, -0.15) is 0 Å². The van der Waals surface area contributed by atoms with E-state index in [-0.39, 0.29) is 18.4 Å². The number of nitrogens with zero attached hydrogens (tertiary/aromatic N) is 1. The molecular formula is C19H25N3O4. The topological polar surface area (TPSA) is 87.7 Å². The van der Waals surface area contributed by atoms with Crippen LogP contribution in [0.3, 0.4) is 0 Å². The van der Waals surface area contributed by atoms with Crippen LogP contribution in [0.1, 0.15) is 38.2 Å². The number of rotatable bonds is 5. The molecule has 0 unspecified atom stereocenters. The van der Waals surface area contributed by atoms with E-state index in [1.807, 2.05) is 24.3 Å². The van der Waals surface area contributed by atoms with Crippen LogP contribution in [0.2, 0.25) is 0 Å². The molecule has 2 aliphatic rings. The van der Waals surface area contributed by atoms with Gasteiger partial charge in [-0.3, -0.25) is 14.5 Å². The maximum atomic E-state index is 12.7. The molecule has 0 radical (unpaired) electrons. The van der Waals surface area contributed by atoms with Crippen LogP contribution in [0, 0.1) is 5.92 Å². The number of hydrogen-bond donors (Lipinski definition) is 2. The van der Waals surface area contributed by atoms with Crippen molar-refractivity contribution >= 4 is 17.8 Å². The minimum Gasteiger partial charge on any atom is -0.497 e. The average molecular weight is 359 g/mol. The number of amides is 4. The fourth-order valence-electron chi connectivity index (χ4n) is 3.60. The number of nitrogens with one attached hydrogen (secondary N) is 2. The number of methoxy groups -OCH3 is 1. The van der Waals surface area contributed by atoms with Gasteiger partial charge in [0.05, 0.1) is 7.11 Å². The van der Waals surface area contributed by atoms with Crippen molar-refractivity contribution in [2.45, 2.75) is 44.7 Å². The molecule has 1 aliphatic heterocycles. The summed E-state index contributed by atoms with van der Waals surface area (Å²) >= 11 is 0. The molecule has 1 saturated carbocycles. The van der Waals surface area contributed by atoms with Crippen molar-refractivity contribution in [2.24, 2.45) is 5.92 Å². The van der Waals surface area contributed by atoms with Crippen molar-refractivity contribution in [3.63, 3.8) is 0 Å². The zero-order valence-corrected chi connectivity index (χ0v) is 15.2. The lowest BCUT2D eigenvalue weighted by Gasteiger charge is -2.33. The number of imide groups is 1. The second kappa shape index (κ2) is 7.35. The van der Waals surface area contributed by atoms with Gasteiger partial charge in [0, 0.05) is 6.54 Å². The summed E-state index contributed by atoms with van der Waals surface area (Å²) in [6.07, 6.45) is 3.09. The average Bonchev–Trinajstić information content (AvgIpc) is 2.87. The van der Waals surface area contributed by atoms with Crippen LogP contribution in [0.4, 0.5) is 4.79 Å². The van der Waals surface area contributed by atoms with Crippen LogP contribution >= 0.6 is 0 Å². The summed E-state index contributed by atoms with van der Waals surface area (Å²) in [6, 6.07) is 6.89. The summed E-state index contributed by atoms with van der Waals surface area (Å²) in [6.45, 7) is 2.20. The molecule has 1 heterocycles. The smallest absolute Gasteiger partial charge is 0.325 e. The van der Waals surface area contributed by atoms with Gasteiger partial charge in [-0.15, -0.1) is 0 Å². The first kappa shape index (κ1) is 18.2. The first-order valence-corrected chi connectivity index (χ1v) is 8.97. The second-order valence-electron chi connectivity index (χ2n) is 7.21. The Morgan fingerprint density at radius 3 is 2.77 bits per heavy atom. The van der Waals surface area contributed by atoms with E-state index in [2.05, 4.69) is 17.6 Å². The van der Waals surface area contributed by atoms with E-state index in [4.69, 9.17) is 4.74 Å². The van der Waals surface area contributed by atoms with Crippen LogP contribution in [0.25, 0.3) is 0 Å². The number of carbonyl (C=O) groups excluding carboxylic acids is 3. The molecule has 7 nitrogen and oxygen atoms in total. The van der Waals surface area contributed by atoms with Crippen LogP contribution < -0.4 is 15.4 Å². The molecule has 26 heavy (non-hydrogen) atoms. The third kappa shape index (κ3) is 3.66. The Bertz CT molecular complexity index is 710. The van der Waals surface area contributed by atoms with E-state index < -0.39 is 11.6 Å². The van der Waals surface area contributed by atoms with Gasteiger partial charge in [-0.05, 0) is 49.3 Å². The zero-order chi connectivity index (χ0) is 18.7. The number of hydrogen-bond acceptors (Lipinski definition) is 4. The van der Waals surface area contributed by atoms with Crippen molar-refractivity contribution in [2.75, 3.05) is 13.7 Å². The van der Waals surface area contributed by atoms with Gasteiger partial charge >= 0.3 is 6.03 Å². The highest BCUT2D eigenvalue weighted by molar-refractivity contribution is 6.09. The lowest BCUT2D eigenvalue weighted by Crippen LogP contribution is -2.49. The maximum absolute atomic E-state index is 12.7. The normalized spacial score (nSPS) is 25.3. The molecule has 140 valence electrons. The molecule has 2 N–H and O–H groups in total. The fraction of sp³-hybridized carbons (Fsp3) is 0.526. The Balaban J connectivity index is 1.57. The number of urea groups is 1. The summed E-state index contributed by atoms with van der Waals surface area (Å²) in [7, 11) is 1.58. The first-order chi connectivity index (χ1) is 12.4. The highest BCUT2D eigenvalue weighted by atomic mass is 16.5. The minimum atomic E-state index is -0.809. The minimum absolute atomic E-state index is 0.258. The summed E-state index contributed by atoms with van der Waals surface area (Å²) in [4.78, 5) is 38.2. The summed E-state index contributed by atoms with van der Waals surface area (Å²) < 4.78 is 5.15. The highest BCUT2D eigenvalue weighted by Gasteiger charge is 2.52. The van der Waals surface area contributed by atoms with Gasteiger partial charge in [-0.25, -0.2) is 4.79 Å². The lowest BCUT2D eigenvalue weighted by molar-refractivity contribution is -0.136. The Morgan fingerprint density at radius 2 is 2.08 bits per heavy atom. The standard InChI is InChI=1S/C19H25N3O4/c1-13-6-8-19(9-7-13)17(24)22(18(25)21-19)12-16(23)20-11-14-4-3-5-15(10-14)26-2/h3-5,10,13H,6-9,11-12H2,1-2H3,(H,20,23)(H,21,25). The maximum Gasteiger partial charge on any atom is 0.325 e. The largest absolute Gasteiger partial charge is 0.497 e. The Morgan fingerprint density at radius 1 is 1.35 bits per heavy atom. The molecule has 0 aromatic heterocycles. The van der Waals surface area contributed by atoms with E-state index in [1.54, 1.807) is 7.11 Å². The third-order valence-electron chi connectivity index (χ3n) is 5.30. The van der Waals surface area contributed by atoms with E-state index in [0.717, 1.165) is 23.3 Å². The molecule has 4 amide bonds. The molecule has 2 fully saturated rings. The molecule has 1 saturated heterocycles. The summed E-state index contributed by atoms with van der Waals surface area (Å²) in [5.41, 5.74) is 0.0732. The van der Waals surface area contributed by atoms with E-state index in [1.165, 1.54) is 0 Å². The molecule has 7 heteroatoms. The van der Waals surface area contributed by atoms with Gasteiger partial charge in [0.15, 0.2) is 0 Å². The number of carbonyl (C=O) groups is 3. The van der Waals surface area contributed by atoms with Crippen molar-refractivity contribution < 1.29 is 19.1 Å². The first-order valence-electron chi connectivity index (χ1n) is 8.97. The van der Waals surface area contributed by atoms with Crippen molar-refractivity contribution in [1.29, 1.82) is 0 Å². The zero-order valence-electron chi connectivity index (χ0n) is 15.2. The van der Waals surface area contributed by atoms with E-state index >= 15 is 0 Å². The number of ether oxygens (including phenoxy) is 1.